The molecule has 4 N–H and O–H groups in total. The molecular weight excluding hydrogens is 1290 g/mol. The molecule has 0 aliphatic heterocycles. The van der Waals surface area contributed by atoms with Gasteiger partial charge in [0, 0.05) is 89.2 Å². The monoisotopic (exact) mass is 1400 g/mol. The number of imidazole rings is 2. The molecule has 0 saturated heterocycles. The summed E-state index contributed by atoms with van der Waals surface area (Å²) in [5.41, 5.74) is 17.1. The Bertz CT molecular complexity index is 4610. The predicted octanol–water partition coefficient (Wildman–Crippen LogP) is 25.4. The number of fused-ring (bicyclic) bond motifs is 10. The molecule has 14 heteroatoms. The SMILES string of the molecule is CCCCCCCCCCCCC(C#Cc1cc2c(cc1[N+](=O)[O-])nc1c3cc(N)c4c5ccc6c(=O)n7c8cc(C#CC(CCCCCCCCCCCC)CCCCCCCCCCCC)c([N+](=O)[O-])cc8nc7c7cc(N)c(c8ccc(c(=O)n21)c3c84)c5c67)CCCCCCCCCCCC. The fourth-order valence-electron chi connectivity index (χ4n) is 17.1. The molecule has 7 aromatic carbocycles. The van der Waals surface area contributed by atoms with Crippen LogP contribution in [0.3, 0.4) is 0 Å². The van der Waals surface area contributed by atoms with Crippen molar-refractivity contribution < 1.29 is 9.85 Å². The lowest BCUT2D eigenvalue weighted by atomic mass is 9.85. The molecule has 0 amide bonds. The molecule has 552 valence electrons. The van der Waals surface area contributed by atoms with Crippen LogP contribution < -0.4 is 22.6 Å². The summed E-state index contributed by atoms with van der Waals surface area (Å²) in [5, 5.41) is 33.6. The zero-order chi connectivity index (χ0) is 72.9. The lowest BCUT2D eigenvalue weighted by molar-refractivity contribution is -0.385. The molecule has 0 bridgehead atoms. The van der Waals surface area contributed by atoms with Crippen LogP contribution >= 0.6 is 0 Å². The van der Waals surface area contributed by atoms with Gasteiger partial charge in [-0.1, -0.05) is 320 Å². The third-order valence-electron chi connectivity index (χ3n) is 22.9. The normalized spacial score (nSPS) is 12.1. The molecule has 4 aromatic heterocycles. The number of nitrogens with zero attached hydrogens (tertiary/aromatic N) is 6. The summed E-state index contributed by atoms with van der Waals surface area (Å²) in [6.45, 7) is 9.03. The summed E-state index contributed by atoms with van der Waals surface area (Å²) < 4.78 is 3.12. The fraction of sp³-hybridized carbons (Fsp3) is 0.556. The summed E-state index contributed by atoms with van der Waals surface area (Å²) >= 11 is 0. The van der Waals surface area contributed by atoms with Crippen molar-refractivity contribution in [2.45, 2.75) is 310 Å². The molecule has 0 spiro atoms. The van der Waals surface area contributed by atoms with Crippen LogP contribution in [0.25, 0.3) is 98.0 Å². The van der Waals surface area contributed by atoms with Gasteiger partial charge in [-0.05, 0) is 72.9 Å². The number of hydrogen-bond donors (Lipinski definition) is 2. The van der Waals surface area contributed by atoms with Gasteiger partial charge in [-0.15, -0.1) is 0 Å². The number of benzene rings is 7. The van der Waals surface area contributed by atoms with E-state index in [-0.39, 0.29) is 45.5 Å². The lowest BCUT2D eigenvalue weighted by Crippen LogP contribution is -2.14. The van der Waals surface area contributed by atoms with Crippen LogP contribution in [0.5, 0.6) is 0 Å². The van der Waals surface area contributed by atoms with E-state index in [0.717, 1.165) is 87.8 Å². The molecule has 0 radical (unpaired) electrons. The maximum Gasteiger partial charge on any atom is 0.287 e. The first-order chi connectivity index (χ1) is 50.9. The Hall–Kier alpha value is -8.36. The number of hydrogen-bond acceptors (Lipinski definition) is 10. The zero-order valence-electron chi connectivity index (χ0n) is 63.3. The van der Waals surface area contributed by atoms with E-state index in [1.807, 2.05) is 36.4 Å². The minimum atomic E-state index is -0.393. The Morgan fingerprint density at radius 2 is 0.625 bits per heavy atom. The van der Waals surface area contributed by atoms with Gasteiger partial charge < -0.3 is 11.5 Å². The van der Waals surface area contributed by atoms with E-state index in [0.29, 0.717) is 98.6 Å². The van der Waals surface area contributed by atoms with Crippen molar-refractivity contribution >= 4 is 121 Å². The van der Waals surface area contributed by atoms with Crippen LogP contribution in [0.15, 0.2) is 70.3 Å². The Labute approximate surface area is 616 Å². The number of anilines is 2. The molecule has 11 rings (SSSR count). The van der Waals surface area contributed by atoms with Crippen LogP contribution in [-0.4, -0.2) is 28.6 Å². The van der Waals surface area contributed by atoms with E-state index < -0.39 is 9.85 Å². The lowest BCUT2D eigenvalue weighted by Gasteiger charge is -2.20. The van der Waals surface area contributed by atoms with Crippen LogP contribution in [0.2, 0.25) is 0 Å². The number of nitro benzene ring substituents is 2. The number of nitrogens with two attached hydrogens (primary N) is 2. The molecule has 14 nitrogen and oxygen atoms in total. The van der Waals surface area contributed by atoms with Gasteiger partial charge in [0.1, 0.15) is 22.4 Å². The largest absolute Gasteiger partial charge is 0.398 e. The number of aromatic nitrogens is 4. The number of unbranched alkanes of at least 4 members (excludes halogenated alkanes) is 36. The van der Waals surface area contributed by atoms with E-state index >= 15 is 9.59 Å². The van der Waals surface area contributed by atoms with Crippen molar-refractivity contribution in [2.75, 3.05) is 11.5 Å². The molecule has 0 unspecified atom stereocenters. The van der Waals surface area contributed by atoms with E-state index in [1.165, 1.54) is 218 Å². The van der Waals surface area contributed by atoms with Crippen molar-refractivity contribution in [1.82, 2.24) is 18.8 Å². The van der Waals surface area contributed by atoms with Gasteiger partial charge in [-0.2, -0.15) is 0 Å². The number of pyridine rings is 2. The average Bonchev–Trinajstić information content (AvgIpc) is 1.10. The zero-order valence-corrected chi connectivity index (χ0v) is 63.3. The number of nitro groups is 2. The highest BCUT2D eigenvalue weighted by Crippen LogP contribution is 2.50. The molecule has 104 heavy (non-hydrogen) atoms. The number of rotatable bonds is 46. The Balaban J connectivity index is 0.916. The van der Waals surface area contributed by atoms with Crippen LogP contribution in [0.1, 0.15) is 321 Å². The second kappa shape index (κ2) is 38.1. The number of nitrogen functional groups attached to an aromatic ring is 2. The Morgan fingerprint density at radius 1 is 0.356 bits per heavy atom. The highest BCUT2D eigenvalue weighted by atomic mass is 16.6. The van der Waals surface area contributed by atoms with Crippen molar-refractivity contribution in [2.24, 2.45) is 11.8 Å². The van der Waals surface area contributed by atoms with Gasteiger partial charge in [-0.3, -0.25) is 38.6 Å². The standard InChI is InChI=1S/C90H116N8O6/c1-5-9-13-17-21-25-29-33-37-41-45-63(46-42-38-34-30-26-22-18-14-10-6-2)49-51-65-57-79-75(61-77(65)97(101)102)93-87-71-59-73(91)83-68-54-56-70-82-72(60-74(92)84(86(68)82)67-53-55-69(81(71)85(67)83)89(99)95(79)87)88-94-76-62-78(98(103)104)66(58-80(76)96(88)90(70)100)52-50-64(47-43-39-35-31-27-23-19-15-11-7-3)48-44-40-36-32-28-24-20-16-12-8-4/h53-64H,5-48,91-92H2,1-4H3. The molecule has 11 aromatic rings. The minimum Gasteiger partial charge on any atom is -0.398 e. The van der Waals surface area contributed by atoms with Crippen molar-refractivity contribution in [1.29, 1.82) is 0 Å². The second-order valence-corrected chi connectivity index (χ2v) is 30.8. The van der Waals surface area contributed by atoms with Gasteiger partial charge in [0.2, 0.25) is 0 Å². The topological polar surface area (TPSA) is 207 Å². The first kappa shape index (κ1) is 76.8. The summed E-state index contributed by atoms with van der Waals surface area (Å²) in [6.07, 6.45) is 53.8. The van der Waals surface area contributed by atoms with Crippen molar-refractivity contribution in [3.63, 3.8) is 0 Å². The van der Waals surface area contributed by atoms with Crippen LogP contribution in [0.4, 0.5) is 22.7 Å². The summed E-state index contributed by atoms with van der Waals surface area (Å²) in [7, 11) is 0. The molecule has 0 saturated carbocycles. The highest BCUT2D eigenvalue weighted by Gasteiger charge is 2.29. The quantitative estimate of drug-likeness (QED) is 0.00702. The highest BCUT2D eigenvalue weighted by molar-refractivity contribution is 6.44. The Kier molecular flexibility index (Phi) is 28.1. The molecular formula is C90H116N8O6. The maximum atomic E-state index is 15.3. The summed E-state index contributed by atoms with van der Waals surface area (Å²) in [4.78, 5) is 66.0. The van der Waals surface area contributed by atoms with E-state index in [9.17, 15) is 20.2 Å². The molecule has 0 fully saturated rings. The van der Waals surface area contributed by atoms with Gasteiger partial charge in [0.05, 0.1) is 31.9 Å². The summed E-state index contributed by atoms with van der Waals surface area (Å²) in [6, 6.07) is 17.4. The van der Waals surface area contributed by atoms with Gasteiger partial charge >= 0.3 is 0 Å². The van der Waals surface area contributed by atoms with Crippen LogP contribution in [0, 0.1) is 55.7 Å². The van der Waals surface area contributed by atoms with Gasteiger partial charge in [0.15, 0.2) is 0 Å². The van der Waals surface area contributed by atoms with E-state index in [1.54, 1.807) is 20.9 Å². The molecule has 0 aliphatic rings. The average molecular weight is 1410 g/mol. The predicted molar refractivity (Wildman–Crippen MR) is 439 cm³/mol. The van der Waals surface area contributed by atoms with Gasteiger partial charge in [0.25, 0.3) is 22.5 Å². The minimum absolute atomic E-state index is 0.0925. The second-order valence-electron chi connectivity index (χ2n) is 30.8. The van der Waals surface area contributed by atoms with E-state index in [4.69, 9.17) is 21.4 Å². The summed E-state index contributed by atoms with van der Waals surface area (Å²) in [5.74, 6) is 13.9. The third kappa shape index (κ3) is 17.9. The Morgan fingerprint density at radius 3 is 0.904 bits per heavy atom. The van der Waals surface area contributed by atoms with Crippen LogP contribution in [-0.2, 0) is 0 Å². The molecule has 0 atom stereocenters. The third-order valence-corrected chi connectivity index (χ3v) is 22.9. The molecule has 0 aliphatic carbocycles. The van der Waals surface area contributed by atoms with E-state index in [2.05, 4.69) is 51.4 Å². The molecule has 4 heterocycles. The van der Waals surface area contributed by atoms with Crippen molar-refractivity contribution in [3.8, 4) is 23.7 Å². The smallest absolute Gasteiger partial charge is 0.287 e. The maximum absolute atomic E-state index is 15.3. The first-order valence-corrected chi connectivity index (χ1v) is 41.2. The van der Waals surface area contributed by atoms with Gasteiger partial charge in [-0.25, -0.2) is 9.97 Å². The first-order valence-electron chi connectivity index (χ1n) is 41.2. The fourth-order valence-corrected chi connectivity index (χ4v) is 17.1. The van der Waals surface area contributed by atoms with Crippen molar-refractivity contribution in [3.05, 3.63) is 113 Å².